The Hall–Kier alpha value is -2.24. The highest BCUT2D eigenvalue weighted by Crippen LogP contribution is 2.12. The smallest absolute Gasteiger partial charge is 0.243 e. The maximum absolute atomic E-state index is 11.7. The molecule has 1 amide bonds. The summed E-state index contributed by atoms with van der Waals surface area (Å²) in [6, 6.07) is 10.4. The molecule has 140 valence electrons. The number of carbonyl (C=O) groups is 1. The number of benzene rings is 1. The highest BCUT2D eigenvalue weighted by Gasteiger charge is 2.05. The molecule has 0 radical (unpaired) electrons. The maximum atomic E-state index is 11.7. The van der Waals surface area contributed by atoms with Gasteiger partial charge in [-0.25, -0.2) is 4.99 Å². The largest absolute Gasteiger partial charge is 0.372 e. The zero-order chi connectivity index (χ0) is 18.5. The third-order valence-corrected chi connectivity index (χ3v) is 3.81. The lowest BCUT2D eigenvalue weighted by Crippen LogP contribution is -2.40. The van der Waals surface area contributed by atoms with Crippen molar-refractivity contribution in [3.05, 3.63) is 30.3 Å². The maximum Gasteiger partial charge on any atom is 0.243 e. The third-order valence-electron chi connectivity index (χ3n) is 3.81. The fourth-order valence-corrected chi connectivity index (χ4v) is 2.29. The molecule has 25 heavy (non-hydrogen) atoms. The first-order valence-electron chi connectivity index (χ1n) is 9.10. The van der Waals surface area contributed by atoms with E-state index in [9.17, 15) is 4.79 Å². The minimum Gasteiger partial charge on any atom is -0.372 e. The third kappa shape index (κ3) is 8.42. The SMILES string of the molecule is CCCNC(=NCC(=O)N(C)C)NCCCN(CC)c1ccccc1. The Morgan fingerprint density at radius 2 is 1.76 bits per heavy atom. The van der Waals surface area contributed by atoms with Gasteiger partial charge >= 0.3 is 0 Å². The Bertz CT molecular complexity index is 516. The second-order valence-corrected chi connectivity index (χ2v) is 6.08. The first-order valence-corrected chi connectivity index (χ1v) is 9.10. The fraction of sp³-hybridized carbons (Fsp3) is 0.579. The molecule has 0 unspecified atom stereocenters. The predicted molar refractivity (Wildman–Crippen MR) is 106 cm³/mol. The highest BCUT2D eigenvalue weighted by molar-refractivity contribution is 5.84. The van der Waals surface area contributed by atoms with Gasteiger partial charge in [0.1, 0.15) is 6.54 Å². The van der Waals surface area contributed by atoms with Crippen LogP contribution in [0, 0.1) is 0 Å². The first kappa shape index (κ1) is 20.8. The Morgan fingerprint density at radius 3 is 2.36 bits per heavy atom. The van der Waals surface area contributed by atoms with Gasteiger partial charge in [0.2, 0.25) is 5.91 Å². The second kappa shape index (κ2) is 12.2. The van der Waals surface area contributed by atoms with Crippen LogP contribution in [0.3, 0.4) is 0 Å². The standard InChI is InChI=1S/C19H33N5O/c1-5-13-20-19(22-16-18(25)23(3)4)21-14-10-15-24(6-2)17-11-8-7-9-12-17/h7-9,11-12H,5-6,10,13-16H2,1-4H3,(H2,20,21,22). The number of guanidine groups is 1. The number of rotatable bonds is 10. The molecule has 0 aromatic heterocycles. The van der Waals surface area contributed by atoms with E-state index in [1.54, 1.807) is 19.0 Å². The van der Waals surface area contributed by atoms with Crippen molar-refractivity contribution in [2.45, 2.75) is 26.7 Å². The highest BCUT2D eigenvalue weighted by atomic mass is 16.2. The lowest BCUT2D eigenvalue weighted by atomic mass is 10.2. The van der Waals surface area contributed by atoms with Gasteiger partial charge in [0.15, 0.2) is 5.96 Å². The average molecular weight is 348 g/mol. The summed E-state index contributed by atoms with van der Waals surface area (Å²) in [5.74, 6) is 0.707. The Kier molecular flexibility index (Phi) is 10.1. The molecular weight excluding hydrogens is 314 g/mol. The molecule has 0 atom stereocenters. The number of aliphatic imine (C=N–C) groups is 1. The van der Waals surface area contributed by atoms with E-state index in [2.05, 4.69) is 58.6 Å². The van der Waals surface area contributed by atoms with Crippen molar-refractivity contribution < 1.29 is 4.79 Å². The molecule has 0 heterocycles. The molecule has 0 bridgehead atoms. The van der Waals surface area contributed by atoms with Crippen molar-refractivity contribution >= 4 is 17.6 Å². The van der Waals surface area contributed by atoms with Gasteiger partial charge in [0, 0.05) is 46.0 Å². The van der Waals surface area contributed by atoms with Gasteiger partial charge in [-0.1, -0.05) is 25.1 Å². The molecule has 1 aromatic rings. The number of hydrogen-bond acceptors (Lipinski definition) is 3. The molecule has 0 fully saturated rings. The summed E-state index contributed by atoms with van der Waals surface area (Å²) in [5.41, 5.74) is 1.25. The van der Waals surface area contributed by atoms with Crippen molar-refractivity contribution in [1.82, 2.24) is 15.5 Å². The summed E-state index contributed by atoms with van der Waals surface area (Å²) in [4.78, 5) is 20.0. The molecule has 0 aliphatic carbocycles. The number of anilines is 1. The monoisotopic (exact) mass is 347 g/mol. The number of likely N-dealkylation sites (N-methyl/N-ethyl adjacent to an activating group) is 1. The van der Waals surface area contributed by atoms with E-state index in [1.807, 2.05) is 6.07 Å². The lowest BCUT2D eigenvalue weighted by Gasteiger charge is -2.23. The van der Waals surface area contributed by atoms with Gasteiger partial charge in [0.05, 0.1) is 0 Å². The number of amides is 1. The number of para-hydroxylation sites is 1. The van der Waals surface area contributed by atoms with Crippen molar-refractivity contribution in [1.29, 1.82) is 0 Å². The Labute approximate surface area is 152 Å². The molecule has 0 saturated carbocycles. The number of nitrogens with zero attached hydrogens (tertiary/aromatic N) is 3. The van der Waals surface area contributed by atoms with Crippen molar-refractivity contribution in [3.63, 3.8) is 0 Å². The molecule has 1 rings (SSSR count). The van der Waals surface area contributed by atoms with Crippen LogP contribution in [0.15, 0.2) is 35.3 Å². The Balaban J connectivity index is 2.44. The van der Waals surface area contributed by atoms with Crippen molar-refractivity contribution in [2.24, 2.45) is 4.99 Å². The van der Waals surface area contributed by atoms with Gasteiger partial charge in [-0.15, -0.1) is 0 Å². The molecule has 6 heteroatoms. The van der Waals surface area contributed by atoms with Crippen LogP contribution in [0.5, 0.6) is 0 Å². The van der Waals surface area contributed by atoms with Crippen LogP contribution < -0.4 is 15.5 Å². The van der Waals surface area contributed by atoms with Gasteiger partial charge in [-0.05, 0) is 31.9 Å². The molecule has 0 saturated heterocycles. The van der Waals surface area contributed by atoms with Crippen LogP contribution in [0.1, 0.15) is 26.7 Å². The van der Waals surface area contributed by atoms with Gasteiger partial charge in [0.25, 0.3) is 0 Å². The van der Waals surface area contributed by atoms with Crippen LogP contribution in [0.25, 0.3) is 0 Å². The first-order chi connectivity index (χ1) is 12.1. The van der Waals surface area contributed by atoms with Gasteiger partial charge in [-0.3, -0.25) is 4.79 Å². The zero-order valence-electron chi connectivity index (χ0n) is 16.1. The topological polar surface area (TPSA) is 60.0 Å². The average Bonchev–Trinajstić information content (AvgIpc) is 2.63. The zero-order valence-corrected chi connectivity index (χ0v) is 16.1. The van der Waals surface area contributed by atoms with Crippen LogP contribution >= 0.6 is 0 Å². The van der Waals surface area contributed by atoms with Crippen LogP contribution in [0.4, 0.5) is 5.69 Å². The van der Waals surface area contributed by atoms with E-state index in [4.69, 9.17) is 0 Å². The summed E-state index contributed by atoms with van der Waals surface area (Å²) in [7, 11) is 3.49. The van der Waals surface area contributed by atoms with Crippen molar-refractivity contribution in [3.8, 4) is 0 Å². The van der Waals surface area contributed by atoms with Crippen LogP contribution in [-0.2, 0) is 4.79 Å². The Morgan fingerprint density at radius 1 is 1.08 bits per heavy atom. The summed E-state index contributed by atoms with van der Waals surface area (Å²) in [5, 5.41) is 6.57. The summed E-state index contributed by atoms with van der Waals surface area (Å²) in [6.45, 7) is 8.05. The van der Waals surface area contributed by atoms with Crippen LogP contribution in [-0.4, -0.2) is 63.6 Å². The number of hydrogen-bond donors (Lipinski definition) is 2. The number of carbonyl (C=O) groups excluding carboxylic acids is 1. The molecule has 6 nitrogen and oxygen atoms in total. The molecule has 0 aliphatic heterocycles. The van der Waals surface area contributed by atoms with E-state index in [0.717, 1.165) is 39.0 Å². The van der Waals surface area contributed by atoms with Crippen molar-refractivity contribution in [2.75, 3.05) is 51.7 Å². The normalized spacial score (nSPS) is 11.1. The molecule has 1 aromatic carbocycles. The fourth-order valence-electron chi connectivity index (χ4n) is 2.29. The van der Waals surface area contributed by atoms with E-state index >= 15 is 0 Å². The lowest BCUT2D eigenvalue weighted by molar-refractivity contribution is -0.127. The summed E-state index contributed by atoms with van der Waals surface area (Å²) >= 11 is 0. The minimum atomic E-state index is -0.00108. The molecule has 2 N–H and O–H groups in total. The van der Waals surface area contributed by atoms with Gasteiger partial charge in [-0.2, -0.15) is 0 Å². The molecule has 0 aliphatic rings. The summed E-state index contributed by atoms with van der Waals surface area (Å²) in [6.07, 6.45) is 2.01. The number of nitrogens with one attached hydrogen (secondary N) is 2. The summed E-state index contributed by atoms with van der Waals surface area (Å²) < 4.78 is 0. The minimum absolute atomic E-state index is 0.00108. The van der Waals surface area contributed by atoms with Crippen LogP contribution in [0.2, 0.25) is 0 Å². The van der Waals surface area contributed by atoms with E-state index in [1.165, 1.54) is 5.69 Å². The van der Waals surface area contributed by atoms with Gasteiger partial charge < -0.3 is 20.4 Å². The van der Waals surface area contributed by atoms with E-state index in [-0.39, 0.29) is 12.5 Å². The second-order valence-electron chi connectivity index (χ2n) is 6.08. The van der Waals surface area contributed by atoms with E-state index < -0.39 is 0 Å². The predicted octanol–water partition coefficient (Wildman–Crippen LogP) is 1.94. The van der Waals surface area contributed by atoms with E-state index in [0.29, 0.717) is 5.96 Å². The quantitative estimate of drug-likeness (QED) is 0.386. The molecular formula is C19H33N5O. The molecule has 0 spiro atoms.